The lowest BCUT2D eigenvalue weighted by Gasteiger charge is -2.33. The second kappa shape index (κ2) is 14.9. The number of hydrogen-bond donors (Lipinski definition) is 1. The third-order valence-corrected chi connectivity index (χ3v) is 9.95. The van der Waals surface area contributed by atoms with Crippen LogP contribution in [0.1, 0.15) is 57.1 Å². The van der Waals surface area contributed by atoms with Gasteiger partial charge in [-0.2, -0.15) is 0 Å². The minimum Gasteiger partial charge on any atom is -0.492 e. The summed E-state index contributed by atoms with van der Waals surface area (Å²) in [6, 6.07) is 20.0. The van der Waals surface area contributed by atoms with Gasteiger partial charge in [0.15, 0.2) is 0 Å². The van der Waals surface area contributed by atoms with Gasteiger partial charge < -0.3 is 15.0 Å². The Morgan fingerprint density at radius 3 is 2.37 bits per heavy atom. The van der Waals surface area contributed by atoms with Crippen LogP contribution < -0.4 is 14.4 Å². The molecule has 3 aromatic carbocycles. The molecule has 4 rings (SSSR count). The molecule has 0 bridgehead atoms. The standard InChI is InChI=1S/C33H40BrN3O5S/c1-4-42-31-16-9-8-15-30(31)37(43(40,41)29-19-17-24(2)18-20-29)23-32(38)36(22-26-11-10-12-27(34)21-26)25(3)33(39)35-28-13-6-5-7-14-28/h8-12,15-21,25,28H,4-7,13-14,22-23H2,1-3H3,(H,35,39)/t25-/m1/s1. The van der Waals surface area contributed by atoms with Gasteiger partial charge >= 0.3 is 0 Å². The van der Waals surface area contributed by atoms with Crippen molar-refractivity contribution < 1.29 is 22.7 Å². The van der Waals surface area contributed by atoms with E-state index < -0.39 is 28.5 Å². The number of sulfonamides is 1. The highest BCUT2D eigenvalue weighted by Gasteiger charge is 2.34. The van der Waals surface area contributed by atoms with Gasteiger partial charge in [0.1, 0.15) is 18.3 Å². The number of aryl methyl sites for hydroxylation is 1. The van der Waals surface area contributed by atoms with Crippen LogP contribution in [0.2, 0.25) is 0 Å². The van der Waals surface area contributed by atoms with Crippen LogP contribution >= 0.6 is 15.9 Å². The van der Waals surface area contributed by atoms with Gasteiger partial charge in [0, 0.05) is 17.1 Å². The van der Waals surface area contributed by atoms with Crippen LogP contribution in [0, 0.1) is 6.92 Å². The van der Waals surface area contributed by atoms with Gasteiger partial charge in [-0.3, -0.25) is 13.9 Å². The molecule has 1 atom stereocenters. The Balaban J connectivity index is 1.72. The predicted octanol–water partition coefficient (Wildman–Crippen LogP) is 6.22. The number of para-hydroxylation sites is 2. The molecule has 0 unspecified atom stereocenters. The highest BCUT2D eigenvalue weighted by molar-refractivity contribution is 9.10. The zero-order valence-corrected chi connectivity index (χ0v) is 27.4. The van der Waals surface area contributed by atoms with Crippen molar-refractivity contribution in [3.05, 3.63) is 88.4 Å². The summed E-state index contributed by atoms with van der Waals surface area (Å²) in [5, 5.41) is 3.13. The van der Waals surface area contributed by atoms with E-state index in [4.69, 9.17) is 4.74 Å². The number of nitrogens with one attached hydrogen (secondary N) is 1. The molecule has 3 aromatic rings. The van der Waals surface area contributed by atoms with Crippen LogP contribution in [0.15, 0.2) is 82.2 Å². The van der Waals surface area contributed by atoms with Crippen molar-refractivity contribution in [1.82, 2.24) is 10.2 Å². The average molecular weight is 671 g/mol. The summed E-state index contributed by atoms with van der Waals surface area (Å²) < 4.78 is 36.0. The van der Waals surface area contributed by atoms with Crippen molar-refractivity contribution in [2.45, 2.75) is 76.4 Å². The number of nitrogens with zero attached hydrogens (tertiary/aromatic N) is 2. The normalized spacial score (nSPS) is 14.5. The molecule has 1 aliphatic carbocycles. The minimum absolute atomic E-state index is 0.0545. The lowest BCUT2D eigenvalue weighted by atomic mass is 9.95. The molecule has 8 nitrogen and oxygen atoms in total. The van der Waals surface area contributed by atoms with E-state index in [-0.39, 0.29) is 29.1 Å². The van der Waals surface area contributed by atoms with E-state index in [9.17, 15) is 18.0 Å². The van der Waals surface area contributed by atoms with E-state index in [0.717, 1.165) is 52.0 Å². The first-order chi connectivity index (χ1) is 20.6. The minimum atomic E-state index is -4.19. The summed E-state index contributed by atoms with van der Waals surface area (Å²) in [6.45, 7) is 5.31. The molecule has 1 saturated carbocycles. The van der Waals surface area contributed by atoms with Gasteiger partial charge in [-0.05, 0) is 75.6 Å². The van der Waals surface area contributed by atoms with Crippen molar-refractivity contribution in [2.75, 3.05) is 17.5 Å². The zero-order chi connectivity index (χ0) is 31.0. The number of carbonyl (C=O) groups excluding carboxylic acids is 2. The molecule has 43 heavy (non-hydrogen) atoms. The van der Waals surface area contributed by atoms with Crippen LogP contribution in [-0.4, -0.2) is 50.4 Å². The van der Waals surface area contributed by atoms with Crippen molar-refractivity contribution in [2.24, 2.45) is 0 Å². The van der Waals surface area contributed by atoms with E-state index in [0.29, 0.717) is 12.4 Å². The molecule has 0 radical (unpaired) electrons. The highest BCUT2D eigenvalue weighted by atomic mass is 79.9. The van der Waals surface area contributed by atoms with Crippen LogP contribution in [0.3, 0.4) is 0 Å². The molecule has 10 heteroatoms. The first-order valence-corrected chi connectivity index (χ1v) is 17.0. The Kier molecular flexibility index (Phi) is 11.3. The number of rotatable bonds is 12. The first-order valence-electron chi connectivity index (χ1n) is 14.8. The number of benzene rings is 3. The number of amides is 2. The van der Waals surface area contributed by atoms with Crippen LogP contribution in [-0.2, 0) is 26.2 Å². The van der Waals surface area contributed by atoms with E-state index in [1.807, 2.05) is 38.1 Å². The van der Waals surface area contributed by atoms with Gasteiger partial charge in [0.25, 0.3) is 10.0 Å². The third-order valence-electron chi connectivity index (χ3n) is 7.68. The molecule has 1 fully saturated rings. The van der Waals surface area contributed by atoms with Crippen molar-refractivity contribution in [1.29, 1.82) is 0 Å². The highest BCUT2D eigenvalue weighted by Crippen LogP contribution is 2.33. The summed E-state index contributed by atoms with van der Waals surface area (Å²) in [5.41, 5.74) is 1.97. The van der Waals surface area contributed by atoms with Gasteiger partial charge in [0.2, 0.25) is 11.8 Å². The second-order valence-electron chi connectivity index (χ2n) is 10.9. The Labute approximate surface area is 263 Å². The quantitative estimate of drug-likeness (QED) is 0.247. The fourth-order valence-corrected chi connectivity index (χ4v) is 7.15. The third kappa shape index (κ3) is 8.38. The fourth-order valence-electron chi connectivity index (χ4n) is 5.27. The number of carbonyl (C=O) groups is 2. The largest absolute Gasteiger partial charge is 0.492 e. The Hall–Kier alpha value is -3.37. The number of hydrogen-bond acceptors (Lipinski definition) is 5. The Bertz CT molecular complexity index is 1510. The summed E-state index contributed by atoms with van der Waals surface area (Å²) in [4.78, 5) is 29.3. The van der Waals surface area contributed by atoms with E-state index >= 15 is 0 Å². The van der Waals surface area contributed by atoms with E-state index in [1.165, 1.54) is 17.0 Å². The Morgan fingerprint density at radius 1 is 1.00 bits per heavy atom. The summed E-state index contributed by atoms with van der Waals surface area (Å²) >= 11 is 3.49. The Morgan fingerprint density at radius 2 is 1.70 bits per heavy atom. The zero-order valence-electron chi connectivity index (χ0n) is 25.0. The molecule has 0 aromatic heterocycles. The summed E-state index contributed by atoms with van der Waals surface area (Å²) in [7, 11) is -4.19. The second-order valence-corrected chi connectivity index (χ2v) is 13.7. The molecule has 1 N–H and O–H groups in total. The number of anilines is 1. The van der Waals surface area contributed by atoms with Crippen molar-refractivity contribution in [3.63, 3.8) is 0 Å². The fraction of sp³-hybridized carbons (Fsp3) is 0.394. The van der Waals surface area contributed by atoms with Crippen LogP contribution in [0.4, 0.5) is 5.69 Å². The van der Waals surface area contributed by atoms with E-state index in [2.05, 4.69) is 21.2 Å². The van der Waals surface area contributed by atoms with Gasteiger partial charge in [0.05, 0.1) is 17.2 Å². The maximum absolute atomic E-state index is 14.2. The van der Waals surface area contributed by atoms with Crippen LogP contribution in [0.25, 0.3) is 0 Å². The lowest BCUT2D eigenvalue weighted by molar-refractivity contribution is -0.139. The monoisotopic (exact) mass is 669 g/mol. The molecular weight excluding hydrogens is 630 g/mol. The lowest BCUT2D eigenvalue weighted by Crippen LogP contribution is -2.53. The van der Waals surface area contributed by atoms with Gasteiger partial charge in [-0.25, -0.2) is 8.42 Å². The molecule has 2 amide bonds. The van der Waals surface area contributed by atoms with E-state index in [1.54, 1.807) is 43.3 Å². The maximum atomic E-state index is 14.2. The smallest absolute Gasteiger partial charge is 0.264 e. The molecule has 0 heterocycles. The molecule has 0 spiro atoms. The molecule has 230 valence electrons. The summed E-state index contributed by atoms with van der Waals surface area (Å²) in [6.07, 6.45) is 5.10. The number of halogens is 1. The van der Waals surface area contributed by atoms with Crippen LogP contribution in [0.5, 0.6) is 5.75 Å². The molecule has 0 aliphatic heterocycles. The topological polar surface area (TPSA) is 96.0 Å². The number of ether oxygens (including phenoxy) is 1. The molecular formula is C33H40BrN3O5S. The van der Waals surface area contributed by atoms with Gasteiger partial charge in [-0.1, -0.05) is 77.2 Å². The summed E-state index contributed by atoms with van der Waals surface area (Å²) in [5.74, 6) is -0.415. The first kappa shape index (κ1) is 32.5. The molecule has 1 aliphatic rings. The molecule has 0 saturated heterocycles. The van der Waals surface area contributed by atoms with Crippen molar-refractivity contribution >= 4 is 43.5 Å². The van der Waals surface area contributed by atoms with Gasteiger partial charge in [-0.15, -0.1) is 0 Å². The van der Waals surface area contributed by atoms with Crippen molar-refractivity contribution in [3.8, 4) is 5.75 Å². The maximum Gasteiger partial charge on any atom is 0.264 e. The SMILES string of the molecule is CCOc1ccccc1N(CC(=O)N(Cc1cccc(Br)c1)[C@H](C)C(=O)NC1CCCCC1)S(=O)(=O)c1ccc(C)cc1. The predicted molar refractivity (Wildman–Crippen MR) is 172 cm³/mol. The average Bonchev–Trinajstić information content (AvgIpc) is 2.99.